The number of likely N-dealkylation sites (tertiary alicyclic amines) is 1. The normalized spacial score (nSPS) is 17.2. The van der Waals surface area contributed by atoms with Crippen LogP contribution in [0.4, 0.5) is 10.3 Å². The van der Waals surface area contributed by atoms with Gasteiger partial charge in [0.15, 0.2) is 0 Å². The summed E-state index contributed by atoms with van der Waals surface area (Å²) in [5.74, 6) is 0.721. The average molecular weight is 372 g/mol. The summed E-state index contributed by atoms with van der Waals surface area (Å²) < 4.78 is 18.7. The van der Waals surface area contributed by atoms with Gasteiger partial charge in [0.05, 0.1) is 6.61 Å². The predicted octanol–water partition coefficient (Wildman–Crippen LogP) is 3.25. The molecular weight excluding hydrogens is 347 g/mol. The standard InChI is InChI=1S/C20H25FN4O2/c1-13(2)17-10-18(24-20(22)23-17)19(26)25-9-3-4-14(11-25)12-27-16-7-5-15(21)6-8-16/h5-8,10,13-14H,3-4,9,11-12H2,1-2H3,(H2,22,23,24)/t14-/m1/s1. The van der Waals surface area contributed by atoms with Crippen LogP contribution in [0.1, 0.15) is 48.8 Å². The molecule has 0 bridgehead atoms. The molecule has 3 rings (SSSR count). The monoisotopic (exact) mass is 372 g/mol. The Balaban J connectivity index is 1.63. The molecule has 1 saturated heterocycles. The number of piperidine rings is 1. The lowest BCUT2D eigenvalue weighted by Crippen LogP contribution is -2.42. The molecule has 0 saturated carbocycles. The van der Waals surface area contributed by atoms with Gasteiger partial charge in [-0.3, -0.25) is 4.79 Å². The summed E-state index contributed by atoms with van der Waals surface area (Å²) in [5.41, 5.74) is 6.88. The van der Waals surface area contributed by atoms with Crippen LogP contribution in [0.25, 0.3) is 0 Å². The number of benzene rings is 1. The van der Waals surface area contributed by atoms with Crippen molar-refractivity contribution in [1.82, 2.24) is 14.9 Å². The van der Waals surface area contributed by atoms with Crippen LogP contribution in [0.2, 0.25) is 0 Å². The molecule has 1 aliphatic heterocycles. The Morgan fingerprint density at radius 3 is 2.78 bits per heavy atom. The maximum absolute atomic E-state index is 13.0. The fourth-order valence-corrected chi connectivity index (χ4v) is 3.18. The minimum absolute atomic E-state index is 0.123. The molecule has 27 heavy (non-hydrogen) atoms. The first-order valence-electron chi connectivity index (χ1n) is 9.24. The van der Waals surface area contributed by atoms with Crippen molar-refractivity contribution in [3.05, 3.63) is 47.5 Å². The summed E-state index contributed by atoms with van der Waals surface area (Å²) in [7, 11) is 0. The van der Waals surface area contributed by atoms with Gasteiger partial charge in [-0.25, -0.2) is 14.4 Å². The van der Waals surface area contributed by atoms with E-state index in [2.05, 4.69) is 9.97 Å². The molecule has 2 aromatic rings. The number of carbonyl (C=O) groups is 1. The number of amides is 1. The highest BCUT2D eigenvalue weighted by Gasteiger charge is 2.26. The van der Waals surface area contributed by atoms with E-state index in [1.807, 2.05) is 13.8 Å². The van der Waals surface area contributed by atoms with Crippen LogP contribution in [0.15, 0.2) is 30.3 Å². The van der Waals surface area contributed by atoms with Gasteiger partial charge in [0, 0.05) is 24.7 Å². The molecule has 2 heterocycles. The van der Waals surface area contributed by atoms with Gasteiger partial charge in [-0.15, -0.1) is 0 Å². The van der Waals surface area contributed by atoms with Crippen molar-refractivity contribution in [3.8, 4) is 5.75 Å². The molecule has 144 valence electrons. The molecule has 1 fully saturated rings. The van der Waals surface area contributed by atoms with E-state index < -0.39 is 0 Å². The Bertz CT molecular complexity index is 795. The van der Waals surface area contributed by atoms with Crippen LogP contribution in [0.3, 0.4) is 0 Å². The van der Waals surface area contributed by atoms with Crippen LogP contribution in [0.5, 0.6) is 5.75 Å². The third kappa shape index (κ3) is 4.93. The second-order valence-electron chi connectivity index (χ2n) is 7.22. The minimum Gasteiger partial charge on any atom is -0.493 e. The van der Waals surface area contributed by atoms with E-state index in [0.29, 0.717) is 31.1 Å². The molecule has 1 aromatic heterocycles. The number of rotatable bonds is 5. The Labute approximate surface area is 158 Å². The molecule has 6 nitrogen and oxygen atoms in total. The summed E-state index contributed by atoms with van der Waals surface area (Å²) in [6.45, 7) is 5.77. The zero-order valence-electron chi connectivity index (χ0n) is 15.7. The van der Waals surface area contributed by atoms with Gasteiger partial charge >= 0.3 is 0 Å². The van der Waals surface area contributed by atoms with E-state index in [4.69, 9.17) is 10.5 Å². The van der Waals surface area contributed by atoms with Crippen molar-refractivity contribution in [3.63, 3.8) is 0 Å². The van der Waals surface area contributed by atoms with E-state index >= 15 is 0 Å². The number of ether oxygens (including phenoxy) is 1. The van der Waals surface area contributed by atoms with E-state index in [-0.39, 0.29) is 29.5 Å². The highest BCUT2D eigenvalue weighted by Crippen LogP contribution is 2.21. The van der Waals surface area contributed by atoms with Gasteiger partial charge < -0.3 is 15.4 Å². The molecule has 0 aliphatic carbocycles. The Kier molecular flexibility index (Phi) is 5.88. The number of carbonyl (C=O) groups excluding carboxylic acids is 1. The zero-order chi connectivity index (χ0) is 19.4. The van der Waals surface area contributed by atoms with Crippen molar-refractivity contribution >= 4 is 11.9 Å². The number of nitrogens with zero attached hydrogens (tertiary/aromatic N) is 3. The van der Waals surface area contributed by atoms with Crippen LogP contribution in [-0.4, -0.2) is 40.5 Å². The molecule has 1 aliphatic rings. The lowest BCUT2D eigenvalue weighted by Gasteiger charge is -2.32. The van der Waals surface area contributed by atoms with Crippen molar-refractivity contribution < 1.29 is 13.9 Å². The predicted molar refractivity (Wildman–Crippen MR) is 101 cm³/mol. The van der Waals surface area contributed by atoms with Crippen LogP contribution in [0, 0.1) is 11.7 Å². The lowest BCUT2D eigenvalue weighted by molar-refractivity contribution is 0.0627. The van der Waals surface area contributed by atoms with Gasteiger partial charge in [0.2, 0.25) is 5.95 Å². The highest BCUT2D eigenvalue weighted by molar-refractivity contribution is 5.92. The third-order valence-corrected chi connectivity index (χ3v) is 4.68. The lowest BCUT2D eigenvalue weighted by atomic mass is 9.98. The molecule has 1 aromatic carbocycles. The van der Waals surface area contributed by atoms with Gasteiger partial charge in [-0.1, -0.05) is 13.8 Å². The first-order valence-corrected chi connectivity index (χ1v) is 9.24. The maximum Gasteiger partial charge on any atom is 0.272 e. The van der Waals surface area contributed by atoms with Gasteiger partial charge in [0.1, 0.15) is 17.3 Å². The van der Waals surface area contributed by atoms with Crippen molar-refractivity contribution in [2.45, 2.75) is 32.6 Å². The second kappa shape index (κ2) is 8.33. The first-order chi connectivity index (χ1) is 12.9. The van der Waals surface area contributed by atoms with Crippen molar-refractivity contribution in [1.29, 1.82) is 0 Å². The number of aromatic nitrogens is 2. The number of halogens is 1. The molecule has 7 heteroatoms. The number of nitrogens with two attached hydrogens (primary N) is 1. The van der Waals surface area contributed by atoms with Crippen molar-refractivity contribution in [2.75, 3.05) is 25.4 Å². The van der Waals surface area contributed by atoms with E-state index in [1.54, 1.807) is 23.1 Å². The fraction of sp³-hybridized carbons (Fsp3) is 0.450. The van der Waals surface area contributed by atoms with Gasteiger partial charge in [-0.2, -0.15) is 0 Å². The molecule has 0 unspecified atom stereocenters. The highest BCUT2D eigenvalue weighted by atomic mass is 19.1. The van der Waals surface area contributed by atoms with Crippen molar-refractivity contribution in [2.24, 2.45) is 5.92 Å². The second-order valence-corrected chi connectivity index (χ2v) is 7.22. The number of anilines is 1. The zero-order valence-corrected chi connectivity index (χ0v) is 15.7. The van der Waals surface area contributed by atoms with Crippen LogP contribution in [-0.2, 0) is 0 Å². The number of nitrogen functional groups attached to an aromatic ring is 1. The summed E-state index contributed by atoms with van der Waals surface area (Å²) >= 11 is 0. The number of hydrogen-bond donors (Lipinski definition) is 1. The smallest absolute Gasteiger partial charge is 0.272 e. The quantitative estimate of drug-likeness (QED) is 0.871. The third-order valence-electron chi connectivity index (χ3n) is 4.68. The first kappa shape index (κ1) is 19.1. The summed E-state index contributed by atoms with van der Waals surface area (Å²) in [4.78, 5) is 23.0. The summed E-state index contributed by atoms with van der Waals surface area (Å²) in [5, 5.41) is 0. The summed E-state index contributed by atoms with van der Waals surface area (Å²) in [6.07, 6.45) is 1.88. The molecule has 2 N–H and O–H groups in total. The Hall–Kier alpha value is -2.70. The fourth-order valence-electron chi connectivity index (χ4n) is 3.18. The van der Waals surface area contributed by atoms with Gasteiger partial charge in [0.25, 0.3) is 5.91 Å². The Morgan fingerprint density at radius 2 is 2.07 bits per heavy atom. The molecule has 0 radical (unpaired) electrons. The summed E-state index contributed by atoms with van der Waals surface area (Å²) in [6, 6.07) is 7.69. The molecule has 0 spiro atoms. The van der Waals surface area contributed by atoms with Crippen LogP contribution < -0.4 is 10.5 Å². The SMILES string of the molecule is CC(C)c1cc(C(=O)N2CCC[C@@H](COc3ccc(F)cc3)C2)nc(N)n1. The molecule has 1 atom stereocenters. The van der Waals surface area contributed by atoms with E-state index in [9.17, 15) is 9.18 Å². The largest absolute Gasteiger partial charge is 0.493 e. The molecular formula is C20H25FN4O2. The maximum atomic E-state index is 13.0. The number of hydrogen-bond acceptors (Lipinski definition) is 5. The molecule has 1 amide bonds. The minimum atomic E-state index is -0.290. The van der Waals surface area contributed by atoms with E-state index in [0.717, 1.165) is 18.5 Å². The van der Waals surface area contributed by atoms with Gasteiger partial charge in [-0.05, 0) is 49.1 Å². The topological polar surface area (TPSA) is 81.3 Å². The average Bonchev–Trinajstić information content (AvgIpc) is 2.66. The van der Waals surface area contributed by atoms with Crippen LogP contribution >= 0.6 is 0 Å². The van der Waals surface area contributed by atoms with E-state index in [1.165, 1.54) is 12.1 Å². The Morgan fingerprint density at radius 1 is 1.33 bits per heavy atom.